The highest BCUT2D eigenvalue weighted by molar-refractivity contribution is 5.91. The first kappa shape index (κ1) is 28.7. The molecule has 0 aliphatic carbocycles. The summed E-state index contributed by atoms with van der Waals surface area (Å²) in [4.78, 5) is 23.8. The van der Waals surface area contributed by atoms with E-state index < -0.39 is 5.97 Å². The number of methoxy groups -OCH3 is 2. The monoisotopic (exact) mass is 539 g/mol. The normalized spacial score (nSPS) is 23.4. The van der Waals surface area contributed by atoms with E-state index in [1.165, 1.54) is 7.11 Å². The van der Waals surface area contributed by atoms with Gasteiger partial charge in [0.15, 0.2) is 11.5 Å². The van der Waals surface area contributed by atoms with Gasteiger partial charge in [0.05, 0.1) is 39.2 Å². The van der Waals surface area contributed by atoms with Gasteiger partial charge in [0.2, 0.25) is 5.75 Å². The van der Waals surface area contributed by atoms with E-state index in [-0.39, 0.29) is 6.10 Å². The largest absolute Gasteiger partial charge is 0.493 e. The molecule has 0 aromatic heterocycles. The molecule has 2 heterocycles. The summed E-state index contributed by atoms with van der Waals surface area (Å²) in [5, 5.41) is 4.31. The maximum absolute atomic E-state index is 12.8. The van der Waals surface area contributed by atoms with E-state index >= 15 is 0 Å². The van der Waals surface area contributed by atoms with Crippen LogP contribution < -0.4 is 14.2 Å². The highest BCUT2D eigenvalue weighted by atomic mass is 16.6. The van der Waals surface area contributed by atoms with Gasteiger partial charge in [0.1, 0.15) is 6.10 Å². The Morgan fingerprint density at radius 3 is 2.36 bits per heavy atom. The minimum Gasteiger partial charge on any atom is -0.493 e. The minimum atomic E-state index is -0.398. The third-order valence-corrected chi connectivity index (χ3v) is 7.12. The van der Waals surface area contributed by atoms with Crippen LogP contribution in [0.1, 0.15) is 48.0 Å². The average Bonchev–Trinajstić information content (AvgIpc) is 3.20. The Hall–Kier alpha value is -3.30. The number of cyclic esters (lactones) is 1. The Bertz CT molecular complexity index is 1060. The summed E-state index contributed by atoms with van der Waals surface area (Å²) in [7, 11) is 3.10. The van der Waals surface area contributed by atoms with Crippen molar-refractivity contribution in [3.05, 3.63) is 53.6 Å². The molecule has 1 fully saturated rings. The molecule has 39 heavy (non-hydrogen) atoms. The van der Waals surface area contributed by atoms with Gasteiger partial charge in [-0.2, -0.15) is 0 Å². The summed E-state index contributed by atoms with van der Waals surface area (Å²) in [6.45, 7) is 6.83. The maximum Gasteiger partial charge on any atom is 0.338 e. The predicted octanol–water partition coefficient (Wildman–Crippen LogP) is 4.24. The Kier molecular flexibility index (Phi) is 11.3. The van der Waals surface area contributed by atoms with Crippen molar-refractivity contribution in [2.24, 2.45) is 5.16 Å². The zero-order valence-electron chi connectivity index (χ0n) is 23.2. The summed E-state index contributed by atoms with van der Waals surface area (Å²) < 4.78 is 22.7. The standard InChI is InChI=1S/C30H41N3O6/c1-35-27-21-25-22-28(29(27)36-2)37-19-6-11-26(39-31-23-24-9-4-3-5-10-24)12-16-33-14-7-13-32(17-18-33)15-8-20-38-30(25)34/h3-5,9-10,21-23,26H,6-8,11-20H2,1-2H3/b31-23+. The molecule has 9 heteroatoms. The van der Waals surface area contributed by atoms with Crippen LogP contribution in [-0.2, 0) is 9.57 Å². The number of oxime groups is 1. The fraction of sp³-hybridized carbons (Fsp3) is 0.533. The first-order valence-corrected chi connectivity index (χ1v) is 13.9. The summed E-state index contributed by atoms with van der Waals surface area (Å²) in [6.07, 6.45) is 6.06. The van der Waals surface area contributed by atoms with Crippen LogP contribution >= 0.6 is 0 Å². The second-order valence-corrected chi connectivity index (χ2v) is 9.89. The van der Waals surface area contributed by atoms with Gasteiger partial charge in [-0.3, -0.25) is 0 Å². The fourth-order valence-electron chi connectivity index (χ4n) is 4.95. The number of hydrogen-bond donors (Lipinski definition) is 0. The Morgan fingerprint density at radius 1 is 0.846 bits per heavy atom. The molecule has 2 aromatic carbocycles. The van der Waals surface area contributed by atoms with Crippen molar-refractivity contribution in [3.8, 4) is 17.2 Å². The smallest absolute Gasteiger partial charge is 0.338 e. The Morgan fingerprint density at radius 2 is 1.59 bits per heavy atom. The molecule has 2 aliphatic rings. The molecular weight excluding hydrogens is 498 g/mol. The van der Waals surface area contributed by atoms with Gasteiger partial charge in [0.25, 0.3) is 0 Å². The third-order valence-electron chi connectivity index (χ3n) is 7.12. The van der Waals surface area contributed by atoms with Gasteiger partial charge in [-0.15, -0.1) is 0 Å². The van der Waals surface area contributed by atoms with Gasteiger partial charge in [-0.1, -0.05) is 35.5 Å². The topological polar surface area (TPSA) is 82.1 Å². The Labute approximate surface area is 231 Å². The molecule has 0 N–H and O–H groups in total. The van der Waals surface area contributed by atoms with E-state index in [9.17, 15) is 4.79 Å². The molecule has 0 amide bonds. The SMILES string of the molecule is COc1cc2cc(c1OC)OCCCC(O/N=C/c1ccccc1)CCN1CCCN(CCCOC2=O)CC1. The lowest BCUT2D eigenvalue weighted by molar-refractivity contribution is 0.0363. The first-order chi connectivity index (χ1) is 19.2. The number of carbonyl (C=O) groups is 1. The number of benzene rings is 2. The van der Waals surface area contributed by atoms with Crippen molar-refractivity contribution in [1.29, 1.82) is 0 Å². The van der Waals surface area contributed by atoms with Crippen molar-refractivity contribution >= 4 is 12.2 Å². The van der Waals surface area contributed by atoms with Crippen LogP contribution in [-0.4, -0.2) is 94.8 Å². The zero-order chi connectivity index (χ0) is 27.3. The number of ether oxygens (including phenoxy) is 4. The van der Waals surface area contributed by atoms with Crippen LogP contribution in [0.5, 0.6) is 17.2 Å². The van der Waals surface area contributed by atoms with Gasteiger partial charge in [-0.25, -0.2) is 4.79 Å². The van der Waals surface area contributed by atoms with E-state index in [0.717, 1.165) is 76.9 Å². The summed E-state index contributed by atoms with van der Waals surface area (Å²) >= 11 is 0. The summed E-state index contributed by atoms with van der Waals surface area (Å²) in [5.41, 5.74) is 1.38. The molecule has 0 saturated carbocycles. The fourth-order valence-corrected chi connectivity index (χ4v) is 4.95. The second kappa shape index (κ2) is 15.3. The molecule has 4 rings (SSSR count). The molecule has 3 unspecified atom stereocenters. The van der Waals surface area contributed by atoms with E-state index in [4.69, 9.17) is 23.8 Å². The zero-order valence-corrected chi connectivity index (χ0v) is 23.2. The number of nitrogens with zero attached hydrogens (tertiary/aromatic N) is 3. The van der Waals surface area contributed by atoms with Crippen molar-refractivity contribution in [3.63, 3.8) is 0 Å². The highest BCUT2D eigenvalue weighted by Gasteiger charge is 2.21. The molecule has 0 radical (unpaired) electrons. The van der Waals surface area contributed by atoms with Crippen molar-refractivity contribution < 1.29 is 28.6 Å². The van der Waals surface area contributed by atoms with Crippen LogP contribution in [0.3, 0.4) is 0 Å². The van der Waals surface area contributed by atoms with Crippen LogP contribution in [0.15, 0.2) is 47.6 Å². The lowest BCUT2D eigenvalue weighted by Crippen LogP contribution is -2.33. The quantitative estimate of drug-likeness (QED) is 0.317. The van der Waals surface area contributed by atoms with Crippen molar-refractivity contribution in [2.75, 3.05) is 66.7 Å². The van der Waals surface area contributed by atoms with E-state index in [0.29, 0.717) is 36.0 Å². The summed E-state index contributed by atoms with van der Waals surface area (Å²) in [5.74, 6) is 0.935. The van der Waals surface area contributed by atoms with Gasteiger partial charge in [-0.05, 0) is 62.9 Å². The number of fused-ring (bicyclic) bond motifs is 5. The van der Waals surface area contributed by atoms with Crippen LogP contribution in [0, 0.1) is 0 Å². The minimum absolute atomic E-state index is 0.0345. The average molecular weight is 540 g/mol. The maximum atomic E-state index is 12.8. The van der Waals surface area contributed by atoms with Crippen LogP contribution in [0.2, 0.25) is 0 Å². The molecule has 0 spiro atoms. The van der Waals surface area contributed by atoms with Crippen LogP contribution in [0.25, 0.3) is 0 Å². The third kappa shape index (κ3) is 8.86. The van der Waals surface area contributed by atoms with Gasteiger partial charge >= 0.3 is 5.97 Å². The van der Waals surface area contributed by atoms with E-state index in [2.05, 4.69) is 15.0 Å². The highest BCUT2D eigenvalue weighted by Crippen LogP contribution is 2.38. The molecular formula is C30H41N3O6. The predicted molar refractivity (Wildman–Crippen MR) is 150 cm³/mol. The number of rotatable bonds is 5. The molecule has 3 atom stereocenters. The molecule has 1 saturated heterocycles. The molecule has 2 aliphatic heterocycles. The van der Waals surface area contributed by atoms with Crippen LogP contribution in [0.4, 0.5) is 0 Å². The number of carbonyl (C=O) groups excluding carboxylic acids is 1. The lowest BCUT2D eigenvalue weighted by Gasteiger charge is -2.23. The molecule has 212 valence electrons. The first-order valence-electron chi connectivity index (χ1n) is 13.9. The van der Waals surface area contributed by atoms with E-state index in [1.807, 2.05) is 30.3 Å². The molecule has 9 nitrogen and oxygen atoms in total. The summed E-state index contributed by atoms with van der Waals surface area (Å²) in [6, 6.07) is 13.3. The van der Waals surface area contributed by atoms with Gasteiger partial charge in [0, 0.05) is 26.2 Å². The van der Waals surface area contributed by atoms with Gasteiger partial charge < -0.3 is 33.6 Å². The van der Waals surface area contributed by atoms with Crippen molar-refractivity contribution in [2.45, 2.75) is 38.2 Å². The van der Waals surface area contributed by atoms with E-state index in [1.54, 1.807) is 25.5 Å². The molecule has 4 bridgehead atoms. The lowest BCUT2D eigenvalue weighted by atomic mass is 10.1. The number of hydrogen-bond acceptors (Lipinski definition) is 9. The number of esters is 1. The van der Waals surface area contributed by atoms with Crippen molar-refractivity contribution in [1.82, 2.24) is 9.80 Å². The second-order valence-electron chi connectivity index (χ2n) is 9.89. The Balaban J connectivity index is 1.48. The molecule has 2 aromatic rings.